The number of hydrogen-bond donors (Lipinski definition) is 0. The Morgan fingerprint density at radius 3 is 1.54 bits per heavy atom. The molecule has 0 bridgehead atoms. The van der Waals surface area contributed by atoms with Crippen molar-refractivity contribution in [1.29, 1.82) is 0 Å². The van der Waals surface area contributed by atoms with E-state index in [0.717, 1.165) is 35.7 Å². The predicted molar refractivity (Wildman–Crippen MR) is 214 cm³/mol. The van der Waals surface area contributed by atoms with E-state index in [1.54, 1.807) is 0 Å². The number of rotatable bonds is 3. The maximum absolute atomic E-state index is 4.50. The van der Waals surface area contributed by atoms with Crippen LogP contribution in [-0.4, -0.2) is 15.0 Å². The molecule has 0 fully saturated rings. The van der Waals surface area contributed by atoms with Gasteiger partial charge in [-0.2, -0.15) is 0 Å². The van der Waals surface area contributed by atoms with Crippen molar-refractivity contribution >= 4 is 79.0 Å². The van der Waals surface area contributed by atoms with Crippen LogP contribution in [-0.2, 0) is 18.9 Å². The number of pyridine rings is 3. The Labute approximate surface area is 322 Å². The second-order valence-corrected chi connectivity index (χ2v) is 15.3. The third kappa shape index (κ3) is 7.99. The number of halogens is 2. The van der Waals surface area contributed by atoms with E-state index in [0.29, 0.717) is 0 Å². The van der Waals surface area contributed by atoms with Crippen molar-refractivity contribution in [2.24, 2.45) is 0 Å². The molecule has 0 aliphatic carbocycles. The van der Waals surface area contributed by atoms with E-state index in [1.165, 1.54) is 42.1 Å². The molecule has 0 unspecified atom stereocenters. The van der Waals surface area contributed by atoms with Crippen molar-refractivity contribution in [3.8, 4) is 33.0 Å². The molecule has 0 saturated carbocycles. The Morgan fingerprint density at radius 1 is 0.460 bits per heavy atom. The molecule has 9 rings (SSSR count). The molecular formula is C43H28Br2IrN3S. The zero-order chi connectivity index (χ0) is 34.3. The summed E-state index contributed by atoms with van der Waals surface area (Å²) in [5.74, 6) is 0. The summed E-state index contributed by atoms with van der Waals surface area (Å²) in [6.45, 7) is 0. The Kier molecular flexibility index (Phi) is 11.0. The summed E-state index contributed by atoms with van der Waals surface area (Å²) in [7, 11) is 0. The molecule has 4 aromatic heterocycles. The van der Waals surface area contributed by atoms with Crippen molar-refractivity contribution in [2.45, 2.75) is 0 Å². The van der Waals surface area contributed by atoms with Gasteiger partial charge in [0.1, 0.15) is 0 Å². The van der Waals surface area contributed by atoms with Gasteiger partial charge in [-0.1, -0.05) is 105 Å². The quantitative estimate of drug-likeness (QED) is 0.177. The standard InChI is InChI=1S/2C15H10BrN.C13H8NS.Ir/c2*16-13-6-3-5-12(10-13)15-14-7-2-1-4-11(14)8-9-17-15;1-2-6-12-10(4-1)8-13(15-12)11-5-3-7-14-9-11;/h2*1-10H;1-8H;. The van der Waals surface area contributed by atoms with Crippen molar-refractivity contribution in [3.63, 3.8) is 0 Å². The Hall–Kier alpha value is -4.36. The fourth-order valence-electron chi connectivity index (χ4n) is 5.64. The summed E-state index contributed by atoms with van der Waals surface area (Å²) in [5.41, 5.74) is 5.57. The average molecular weight is 971 g/mol. The molecule has 0 saturated heterocycles. The van der Waals surface area contributed by atoms with Crippen molar-refractivity contribution < 1.29 is 18.9 Å². The van der Waals surface area contributed by atoms with E-state index >= 15 is 0 Å². The van der Waals surface area contributed by atoms with Gasteiger partial charge in [0, 0.05) is 43.2 Å². The Balaban J connectivity index is 0.000000118. The minimum atomic E-state index is 1.03. The zero-order valence-corrected chi connectivity index (χ0v) is 32.9. The van der Waals surface area contributed by atoms with Crippen LogP contribution in [0, 0.1) is 0 Å². The molecule has 5 aromatic carbocycles. The first-order chi connectivity index (χ1) is 24.5. The second-order valence-electron chi connectivity index (χ2n) is 11.3. The van der Waals surface area contributed by atoms with Crippen LogP contribution in [0.15, 0.2) is 179 Å². The summed E-state index contributed by atoms with van der Waals surface area (Å²) in [6.07, 6.45) is 5.56. The van der Waals surface area contributed by atoms with Crippen molar-refractivity contribution in [2.75, 3.05) is 0 Å². The van der Waals surface area contributed by atoms with Crippen LogP contribution in [0.3, 0.4) is 0 Å². The van der Waals surface area contributed by atoms with Crippen LogP contribution in [0.25, 0.3) is 64.6 Å². The van der Waals surface area contributed by atoms with E-state index < -0.39 is 0 Å². The van der Waals surface area contributed by atoms with Gasteiger partial charge >= 0.3 is 109 Å². The van der Waals surface area contributed by atoms with Gasteiger partial charge in [0.25, 0.3) is 0 Å². The fraction of sp³-hybridized carbons (Fsp3) is 0. The molecule has 0 radical (unpaired) electrons. The number of benzene rings is 5. The van der Waals surface area contributed by atoms with Crippen molar-refractivity contribution in [1.82, 2.24) is 15.0 Å². The van der Waals surface area contributed by atoms with Gasteiger partial charge < -0.3 is 0 Å². The summed E-state index contributed by atoms with van der Waals surface area (Å²) in [5, 5.41) is 6.13. The summed E-state index contributed by atoms with van der Waals surface area (Å²) >= 11 is 10.9. The number of hydrogen-bond acceptors (Lipinski definition) is 4. The van der Waals surface area contributed by atoms with E-state index in [2.05, 4.69) is 151 Å². The predicted octanol–water partition coefficient (Wildman–Crippen LogP) is 12.5. The van der Waals surface area contributed by atoms with Gasteiger partial charge in [-0.25, -0.2) is 0 Å². The normalized spacial score (nSPS) is 10.7. The van der Waals surface area contributed by atoms with E-state index in [1.807, 2.05) is 96.7 Å². The van der Waals surface area contributed by atoms with Crippen LogP contribution in [0.2, 0.25) is 0 Å². The van der Waals surface area contributed by atoms with Crippen LogP contribution in [0.4, 0.5) is 0 Å². The number of nitrogens with zero attached hydrogens (tertiary/aromatic N) is 3. The van der Waals surface area contributed by atoms with E-state index in [4.69, 9.17) is 0 Å². The molecule has 9 aromatic rings. The minimum absolute atomic E-state index is 1.03. The number of aromatic nitrogens is 3. The molecule has 4 heterocycles. The van der Waals surface area contributed by atoms with E-state index in [-0.39, 0.29) is 0 Å². The summed E-state index contributed by atoms with van der Waals surface area (Å²) in [4.78, 5) is 14.6. The molecule has 0 amide bonds. The topological polar surface area (TPSA) is 38.7 Å². The van der Waals surface area contributed by atoms with Gasteiger partial charge in [0.15, 0.2) is 0 Å². The first kappa shape index (κ1) is 34.1. The molecule has 3 nitrogen and oxygen atoms in total. The van der Waals surface area contributed by atoms with Crippen LogP contribution < -0.4 is 4.21 Å². The van der Waals surface area contributed by atoms with Gasteiger partial charge in [0.2, 0.25) is 0 Å². The first-order valence-corrected chi connectivity index (χ1v) is 19.4. The molecule has 0 N–H and O–H groups in total. The Morgan fingerprint density at radius 2 is 1.00 bits per heavy atom. The van der Waals surface area contributed by atoms with Crippen molar-refractivity contribution in [3.05, 3.63) is 179 Å². The molecule has 50 heavy (non-hydrogen) atoms. The van der Waals surface area contributed by atoms with Gasteiger partial charge in [-0.05, 0) is 47.2 Å². The van der Waals surface area contributed by atoms with Crippen LogP contribution >= 0.6 is 43.2 Å². The van der Waals surface area contributed by atoms with Gasteiger partial charge in [0.05, 0.1) is 11.4 Å². The molecule has 7 heteroatoms. The monoisotopic (exact) mass is 969 g/mol. The summed E-state index contributed by atoms with van der Waals surface area (Å²) < 4.78 is 4.57. The zero-order valence-electron chi connectivity index (χ0n) is 26.5. The van der Waals surface area contributed by atoms with Gasteiger partial charge in [-0.3, -0.25) is 9.97 Å². The molecule has 0 spiro atoms. The number of fused-ring (bicyclic) bond motifs is 3. The van der Waals surface area contributed by atoms with E-state index in [9.17, 15) is 0 Å². The molecule has 244 valence electrons. The Bertz CT molecular complexity index is 2400. The molecule has 0 aliphatic rings. The van der Waals surface area contributed by atoms with Gasteiger partial charge in [-0.15, -0.1) is 0 Å². The fourth-order valence-corrected chi connectivity index (χ4v) is 8.43. The maximum atomic E-state index is 4.50. The third-order valence-corrected chi connectivity index (χ3v) is 11.1. The van der Waals surface area contributed by atoms with Crippen LogP contribution in [0.5, 0.6) is 0 Å². The molecular weight excluding hydrogens is 943 g/mol. The number of thiophene rings is 1. The average Bonchev–Trinajstić information content (AvgIpc) is 3.59. The molecule has 0 atom stereocenters. The SMILES string of the molecule is Brc1cccc(-c2nccc3ccccc23)c1.Brc1cccc(-c2nccc3ccccc23)c1.[Ir][c]1ncccc1-c1cc2ccccc2s1. The first-order valence-electron chi connectivity index (χ1n) is 15.8. The second kappa shape index (κ2) is 16.1. The summed E-state index contributed by atoms with van der Waals surface area (Å²) in [6, 6.07) is 52.0. The van der Waals surface area contributed by atoms with Crippen LogP contribution in [0.1, 0.15) is 0 Å². The molecule has 0 aliphatic heterocycles. The third-order valence-electron chi connectivity index (χ3n) is 7.98.